The van der Waals surface area contributed by atoms with Gasteiger partial charge >= 0.3 is 0 Å². The van der Waals surface area contributed by atoms with Crippen molar-refractivity contribution in [1.82, 2.24) is 5.12 Å². The number of alkyl halides is 2. The van der Waals surface area contributed by atoms with Crippen LogP contribution in [-0.2, 0) is 0 Å². The summed E-state index contributed by atoms with van der Waals surface area (Å²) in [5, 5.41) is -0.0417. The molecular formula is C4H8F3N. The van der Waals surface area contributed by atoms with Gasteiger partial charge in [-0.25, -0.2) is 8.78 Å². The standard InChI is InChI=1S/C4H8F3N/c1-4(5,6)3-8(2)7/h3H2,1-2H3. The molecule has 0 aromatic rings. The maximum absolute atomic E-state index is 11.7. The third kappa shape index (κ3) is 5.75. The summed E-state index contributed by atoms with van der Waals surface area (Å²) in [6.45, 7) is -0.171. The maximum Gasteiger partial charge on any atom is 0.260 e. The molecule has 8 heavy (non-hydrogen) atoms. The van der Waals surface area contributed by atoms with Crippen LogP contribution in [-0.4, -0.2) is 24.6 Å². The van der Waals surface area contributed by atoms with Crippen LogP contribution in [0.25, 0.3) is 0 Å². The molecule has 0 aliphatic heterocycles. The van der Waals surface area contributed by atoms with Gasteiger partial charge in [0.1, 0.15) is 0 Å². The van der Waals surface area contributed by atoms with Crippen LogP contribution in [0.15, 0.2) is 0 Å². The first-order chi connectivity index (χ1) is 3.42. The normalized spacial score (nSPS) is 12.8. The lowest BCUT2D eigenvalue weighted by Gasteiger charge is -2.11. The second-order valence-electron chi connectivity index (χ2n) is 1.83. The molecule has 0 radical (unpaired) electrons. The molecule has 0 atom stereocenters. The highest BCUT2D eigenvalue weighted by Crippen LogP contribution is 2.11. The second kappa shape index (κ2) is 2.35. The van der Waals surface area contributed by atoms with Gasteiger partial charge in [-0.2, -0.15) is 0 Å². The Morgan fingerprint density at radius 3 is 1.88 bits per heavy atom. The fraction of sp³-hybridized carbons (Fsp3) is 1.00. The van der Waals surface area contributed by atoms with Crippen LogP contribution in [0, 0.1) is 0 Å². The first kappa shape index (κ1) is 7.75. The van der Waals surface area contributed by atoms with E-state index in [1.165, 1.54) is 0 Å². The molecule has 0 unspecified atom stereocenters. The third-order valence-corrected chi connectivity index (χ3v) is 0.496. The van der Waals surface area contributed by atoms with Gasteiger partial charge in [0.2, 0.25) is 0 Å². The zero-order valence-corrected chi connectivity index (χ0v) is 4.79. The van der Waals surface area contributed by atoms with E-state index in [0.717, 1.165) is 7.05 Å². The van der Waals surface area contributed by atoms with Gasteiger partial charge in [0.05, 0.1) is 6.54 Å². The van der Waals surface area contributed by atoms with Crippen LogP contribution in [0.1, 0.15) is 6.92 Å². The Morgan fingerprint density at radius 1 is 1.50 bits per heavy atom. The van der Waals surface area contributed by atoms with E-state index in [-0.39, 0.29) is 5.12 Å². The Labute approximate surface area is 46.0 Å². The molecule has 0 aliphatic rings. The molecule has 4 heteroatoms. The monoisotopic (exact) mass is 127 g/mol. The number of hydrogen-bond acceptors (Lipinski definition) is 1. The van der Waals surface area contributed by atoms with Crippen molar-refractivity contribution in [2.24, 2.45) is 0 Å². The molecule has 0 saturated carbocycles. The predicted molar refractivity (Wildman–Crippen MR) is 24.4 cm³/mol. The van der Waals surface area contributed by atoms with Crippen molar-refractivity contribution in [3.63, 3.8) is 0 Å². The van der Waals surface area contributed by atoms with Crippen LogP contribution in [0.5, 0.6) is 0 Å². The fourth-order valence-electron chi connectivity index (χ4n) is 0.383. The molecule has 0 spiro atoms. The van der Waals surface area contributed by atoms with Crippen LogP contribution < -0.4 is 0 Å². The summed E-state index contributed by atoms with van der Waals surface area (Å²) in [6, 6.07) is 0. The minimum absolute atomic E-state index is 0.0417. The average Bonchev–Trinajstić information content (AvgIpc) is 1.21. The lowest BCUT2D eigenvalue weighted by atomic mass is 10.4. The van der Waals surface area contributed by atoms with Gasteiger partial charge in [0.25, 0.3) is 5.92 Å². The summed E-state index contributed by atoms with van der Waals surface area (Å²) in [5.41, 5.74) is 0. The summed E-state index contributed by atoms with van der Waals surface area (Å²) < 4.78 is 34.9. The van der Waals surface area contributed by atoms with Gasteiger partial charge in [-0.3, -0.25) is 0 Å². The Kier molecular flexibility index (Phi) is 2.27. The van der Waals surface area contributed by atoms with Crippen molar-refractivity contribution in [2.75, 3.05) is 13.6 Å². The van der Waals surface area contributed by atoms with E-state index in [0.29, 0.717) is 6.92 Å². The van der Waals surface area contributed by atoms with Gasteiger partial charge in [0.15, 0.2) is 0 Å². The first-order valence-electron chi connectivity index (χ1n) is 2.16. The van der Waals surface area contributed by atoms with Gasteiger partial charge in [-0.1, -0.05) is 0 Å². The molecule has 0 aliphatic carbocycles. The quantitative estimate of drug-likeness (QED) is 0.507. The second-order valence-corrected chi connectivity index (χ2v) is 1.83. The molecule has 1 nitrogen and oxygen atoms in total. The highest BCUT2D eigenvalue weighted by molar-refractivity contribution is 4.57. The van der Waals surface area contributed by atoms with E-state index < -0.39 is 12.5 Å². The van der Waals surface area contributed by atoms with E-state index in [1.807, 2.05) is 0 Å². The summed E-state index contributed by atoms with van der Waals surface area (Å²) in [6.07, 6.45) is 0. The van der Waals surface area contributed by atoms with E-state index in [9.17, 15) is 13.3 Å². The van der Waals surface area contributed by atoms with Crippen molar-refractivity contribution in [1.29, 1.82) is 0 Å². The van der Waals surface area contributed by atoms with Crippen LogP contribution in [0.4, 0.5) is 13.3 Å². The maximum atomic E-state index is 11.7. The molecule has 50 valence electrons. The Balaban J connectivity index is 3.39. The van der Waals surface area contributed by atoms with Gasteiger partial charge in [-0.15, -0.1) is 9.60 Å². The van der Waals surface area contributed by atoms with Gasteiger partial charge in [0, 0.05) is 14.0 Å². The molecule has 0 N–H and O–H groups in total. The largest absolute Gasteiger partial charge is 0.260 e. The van der Waals surface area contributed by atoms with E-state index in [1.54, 1.807) is 0 Å². The van der Waals surface area contributed by atoms with Gasteiger partial charge in [-0.05, 0) is 0 Å². The van der Waals surface area contributed by atoms with E-state index in [2.05, 4.69) is 0 Å². The zero-order valence-electron chi connectivity index (χ0n) is 4.79. The van der Waals surface area contributed by atoms with Crippen molar-refractivity contribution in [3.05, 3.63) is 0 Å². The van der Waals surface area contributed by atoms with Gasteiger partial charge < -0.3 is 0 Å². The van der Waals surface area contributed by atoms with Crippen LogP contribution >= 0.6 is 0 Å². The molecule has 0 aromatic heterocycles. The molecule has 0 amide bonds. The molecular weight excluding hydrogens is 119 g/mol. The minimum Gasteiger partial charge on any atom is -0.206 e. The Hall–Kier alpha value is -0.250. The van der Waals surface area contributed by atoms with Crippen LogP contribution in [0.2, 0.25) is 0 Å². The number of nitrogens with zero attached hydrogens (tertiary/aromatic N) is 1. The number of hydrogen-bond donors (Lipinski definition) is 0. The minimum atomic E-state index is -2.93. The van der Waals surface area contributed by atoms with Crippen molar-refractivity contribution in [3.8, 4) is 0 Å². The number of rotatable bonds is 2. The first-order valence-corrected chi connectivity index (χ1v) is 2.16. The lowest BCUT2D eigenvalue weighted by molar-refractivity contribution is -0.0676. The Morgan fingerprint density at radius 2 is 1.88 bits per heavy atom. The molecule has 0 saturated heterocycles. The summed E-state index contributed by atoms with van der Waals surface area (Å²) in [4.78, 5) is 0. The smallest absolute Gasteiger partial charge is 0.206 e. The Bertz CT molecular complexity index is 66.2. The highest BCUT2D eigenvalue weighted by Gasteiger charge is 2.22. The average molecular weight is 127 g/mol. The van der Waals surface area contributed by atoms with E-state index in [4.69, 9.17) is 0 Å². The molecule has 0 bridgehead atoms. The number of halogens is 3. The van der Waals surface area contributed by atoms with Crippen LogP contribution in [0.3, 0.4) is 0 Å². The molecule has 0 heterocycles. The molecule has 0 rings (SSSR count). The summed E-state index contributed by atoms with van der Waals surface area (Å²) >= 11 is 0. The summed E-state index contributed by atoms with van der Waals surface area (Å²) in [7, 11) is 0.956. The molecule has 0 fully saturated rings. The SMILES string of the molecule is CN(F)CC(C)(F)F. The fourth-order valence-corrected chi connectivity index (χ4v) is 0.383. The molecule has 0 aromatic carbocycles. The van der Waals surface area contributed by atoms with E-state index >= 15 is 0 Å². The van der Waals surface area contributed by atoms with Crippen molar-refractivity contribution < 1.29 is 13.3 Å². The zero-order chi connectivity index (χ0) is 6.78. The highest BCUT2D eigenvalue weighted by atomic mass is 19.3. The predicted octanol–water partition coefficient (Wildman–Crippen LogP) is 1.46. The lowest BCUT2D eigenvalue weighted by Crippen LogP contribution is -2.26. The van der Waals surface area contributed by atoms with Crippen molar-refractivity contribution >= 4 is 0 Å². The van der Waals surface area contributed by atoms with Crippen molar-refractivity contribution in [2.45, 2.75) is 12.8 Å². The topological polar surface area (TPSA) is 3.24 Å². The summed E-state index contributed by atoms with van der Waals surface area (Å²) in [5.74, 6) is -2.93. The third-order valence-electron chi connectivity index (χ3n) is 0.496.